The molecule has 0 aliphatic rings. The Kier molecular flexibility index (Phi) is 6.34. The summed E-state index contributed by atoms with van der Waals surface area (Å²) in [5, 5.41) is 11.7. The lowest BCUT2D eigenvalue weighted by molar-refractivity contribution is 0.101. The summed E-state index contributed by atoms with van der Waals surface area (Å²) in [6.07, 6.45) is 3.22. The lowest BCUT2D eigenvalue weighted by Crippen LogP contribution is -2.15. The van der Waals surface area contributed by atoms with Crippen molar-refractivity contribution in [2.24, 2.45) is 0 Å². The molecule has 0 radical (unpaired) electrons. The number of aromatic nitrogens is 5. The Hall–Kier alpha value is -3.17. The van der Waals surface area contributed by atoms with Crippen LogP contribution in [0.25, 0.3) is 0 Å². The number of hydrogen-bond acceptors (Lipinski definition) is 5. The quantitative estimate of drug-likeness (QED) is 0.402. The summed E-state index contributed by atoms with van der Waals surface area (Å²) in [6.45, 7) is 2.72. The second kappa shape index (κ2) is 9.32. The number of anilines is 1. The SMILES string of the molecule is Cc1ccccc1Cn1cnc(NC(=O)c2ccn(COc3ccc(Br)cc3Cl)n2)n1. The molecule has 0 unspecified atom stereocenters. The van der Waals surface area contributed by atoms with Gasteiger partial charge in [0.15, 0.2) is 12.4 Å². The summed E-state index contributed by atoms with van der Waals surface area (Å²) in [7, 11) is 0. The Morgan fingerprint density at radius 1 is 1.16 bits per heavy atom. The molecule has 10 heteroatoms. The molecular weight excluding hydrogens is 484 g/mol. The highest BCUT2D eigenvalue weighted by molar-refractivity contribution is 9.10. The van der Waals surface area contributed by atoms with Gasteiger partial charge in [0.25, 0.3) is 5.91 Å². The van der Waals surface area contributed by atoms with Gasteiger partial charge in [-0.25, -0.2) is 14.3 Å². The van der Waals surface area contributed by atoms with E-state index in [-0.39, 0.29) is 18.4 Å². The molecule has 158 valence electrons. The maximum atomic E-state index is 12.5. The Labute approximate surface area is 191 Å². The minimum Gasteiger partial charge on any atom is -0.470 e. The van der Waals surface area contributed by atoms with Crippen LogP contribution in [0.3, 0.4) is 0 Å². The monoisotopic (exact) mass is 500 g/mol. The Bertz CT molecular complexity index is 1220. The topological polar surface area (TPSA) is 86.9 Å². The van der Waals surface area contributed by atoms with E-state index in [1.165, 1.54) is 10.2 Å². The zero-order valence-electron chi connectivity index (χ0n) is 16.5. The molecule has 1 N–H and O–H groups in total. The van der Waals surface area contributed by atoms with Crippen LogP contribution in [-0.4, -0.2) is 30.5 Å². The van der Waals surface area contributed by atoms with Gasteiger partial charge in [0.2, 0.25) is 5.95 Å². The number of rotatable bonds is 7. The molecular formula is C21H18BrClN6O2. The van der Waals surface area contributed by atoms with E-state index in [0.717, 1.165) is 10.0 Å². The third kappa shape index (κ3) is 5.31. The number of nitrogens with zero attached hydrogens (tertiary/aromatic N) is 5. The number of benzene rings is 2. The lowest BCUT2D eigenvalue weighted by Gasteiger charge is -2.08. The number of halogens is 2. The summed E-state index contributed by atoms with van der Waals surface area (Å²) >= 11 is 9.48. The van der Waals surface area contributed by atoms with Gasteiger partial charge in [0.1, 0.15) is 12.1 Å². The summed E-state index contributed by atoms with van der Waals surface area (Å²) in [5.74, 6) is 0.329. The van der Waals surface area contributed by atoms with E-state index >= 15 is 0 Å². The molecule has 4 aromatic rings. The zero-order chi connectivity index (χ0) is 21.8. The molecule has 0 aliphatic carbocycles. The Morgan fingerprint density at radius 2 is 2.00 bits per heavy atom. The highest BCUT2D eigenvalue weighted by Gasteiger charge is 2.13. The second-order valence-electron chi connectivity index (χ2n) is 6.73. The Balaban J connectivity index is 1.35. The molecule has 0 bridgehead atoms. The number of aryl methyl sites for hydroxylation is 1. The number of ether oxygens (including phenoxy) is 1. The minimum atomic E-state index is -0.408. The molecule has 2 aromatic heterocycles. The summed E-state index contributed by atoms with van der Waals surface area (Å²) in [4.78, 5) is 16.6. The number of carbonyl (C=O) groups is 1. The normalized spacial score (nSPS) is 10.8. The first-order valence-electron chi connectivity index (χ1n) is 9.34. The minimum absolute atomic E-state index is 0.109. The molecule has 1 amide bonds. The highest BCUT2D eigenvalue weighted by atomic mass is 79.9. The molecule has 0 aliphatic heterocycles. The predicted molar refractivity (Wildman–Crippen MR) is 120 cm³/mol. The molecule has 2 heterocycles. The van der Waals surface area contributed by atoms with E-state index < -0.39 is 5.91 Å². The van der Waals surface area contributed by atoms with Gasteiger partial charge in [0.05, 0.1) is 11.6 Å². The number of amides is 1. The van der Waals surface area contributed by atoms with Gasteiger partial charge >= 0.3 is 0 Å². The molecule has 0 atom stereocenters. The van der Waals surface area contributed by atoms with Gasteiger partial charge in [-0.2, -0.15) is 5.10 Å². The van der Waals surface area contributed by atoms with Crippen LogP contribution in [0.5, 0.6) is 5.75 Å². The molecule has 31 heavy (non-hydrogen) atoms. The van der Waals surface area contributed by atoms with Gasteiger partial charge < -0.3 is 4.74 Å². The van der Waals surface area contributed by atoms with Crippen LogP contribution in [0.15, 0.2) is 65.5 Å². The van der Waals surface area contributed by atoms with Gasteiger partial charge in [0, 0.05) is 10.7 Å². The van der Waals surface area contributed by atoms with E-state index in [2.05, 4.69) is 36.4 Å². The zero-order valence-corrected chi connectivity index (χ0v) is 18.8. The van der Waals surface area contributed by atoms with Gasteiger partial charge in [-0.15, -0.1) is 5.10 Å². The third-order valence-corrected chi connectivity index (χ3v) is 5.26. The van der Waals surface area contributed by atoms with Crippen molar-refractivity contribution in [3.8, 4) is 5.75 Å². The first-order valence-corrected chi connectivity index (χ1v) is 10.5. The fraction of sp³-hybridized carbons (Fsp3) is 0.143. The largest absolute Gasteiger partial charge is 0.470 e. The maximum Gasteiger partial charge on any atom is 0.278 e. The standard InChI is InChI=1S/C21H18BrClN6O2/c1-14-4-2-3-5-15(14)11-29-12-24-21(27-29)25-20(30)18-8-9-28(26-18)13-31-19-7-6-16(22)10-17(19)23/h2-10,12H,11,13H2,1H3,(H,25,27,30). The third-order valence-electron chi connectivity index (χ3n) is 4.47. The Morgan fingerprint density at radius 3 is 2.81 bits per heavy atom. The summed E-state index contributed by atoms with van der Waals surface area (Å²) in [5.41, 5.74) is 2.52. The predicted octanol–water partition coefficient (Wildman–Crippen LogP) is 4.54. The van der Waals surface area contributed by atoms with Crippen LogP contribution in [0, 0.1) is 6.92 Å². The first kappa shape index (κ1) is 21.1. The highest BCUT2D eigenvalue weighted by Crippen LogP contribution is 2.27. The fourth-order valence-corrected chi connectivity index (χ4v) is 3.57. The van der Waals surface area contributed by atoms with Crippen molar-refractivity contribution in [2.45, 2.75) is 20.2 Å². The molecule has 0 fully saturated rings. The summed E-state index contributed by atoms with van der Waals surface area (Å²) in [6, 6.07) is 15.0. The van der Waals surface area contributed by atoms with E-state index in [9.17, 15) is 4.79 Å². The van der Waals surface area contributed by atoms with E-state index in [4.69, 9.17) is 16.3 Å². The number of nitrogens with one attached hydrogen (secondary N) is 1. The van der Waals surface area contributed by atoms with Gasteiger partial charge in [-0.1, -0.05) is 51.8 Å². The fourth-order valence-electron chi connectivity index (χ4n) is 2.84. The van der Waals surface area contributed by atoms with Gasteiger partial charge in [-0.05, 0) is 42.3 Å². The van der Waals surface area contributed by atoms with Crippen LogP contribution < -0.4 is 10.1 Å². The number of carbonyl (C=O) groups excluding carboxylic acids is 1. The van der Waals surface area contributed by atoms with Crippen LogP contribution in [0.2, 0.25) is 5.02 Å². The van der Waals surface area contributed by atoms with E-state index in [0.29, 0.717) is 17.3 Å². The van der Waals surface area contributed by atoms with Crippen molar-refractivity contribution in [3.63, 3.8) is 0 Å². The maximum absolute atomic E-state index is 12.5. The first-order chi connectivity index (χ1) is 15.0. The molecule has 0 saturated carbocycles. The molecule has 2 aromatic carbocycles. The van der Waals surface area contributed by atoms with E-state index in [1.807, 2.05) is 37.3 Å². The van der Waals surface area contributed by atoms with E-state index in [1.54, 1.807) is 35.4 Å². The van der Waals surface area contributed by atoms with Crippen molar-refractivity contribution in [2.75, 3.05) is 5.32 Å². The van der Waals surface area contributed by atoms with Crippen molar-refractivity contribution in [1.82, 2.24) is 24.5 Å². The van der Waals surface area contributed by atoms with Crippen LogP contribution in [0.1, 0.15) is 21.6 Å². The smallest absolute Gasteiger partial charge is 0.278 e. The average molecular weight is 502 g/mol. The molecule has 0 spiro atoms. The van der Waals surface area contributed by atoms with Crippen molar-refractivity contribution < 1.29 is 9.53 Å². The number of hydrogen-bond donors (Lipinski definition) is 1. The van der Waals surface area contributed by atoms with Gasteiger partial charge in [-0.3, -0.25) is 10.1 Å². The van der Waals surface area contributed by atoms with Crippen LogP contribution in [-0.2, 0) is 13.3 Å². The van der Waals surface area contributed by atoms with Crippen LogP contribution in [0.4, 0.5) is 5.95 Å². The van der Waals surface area contributed by atoms with Crippen molar-refractivity contribution in [3.05, 3.63) is 87.4 Å². The second-order valence-corrected chi connectivity index (χ2v) is 8.06. The molecule has 0 saturated heterocycles. The molecule has 8 nitrogen and oxygen atoms in total. The average Bonchev–Trinajstić information content (AvgIpc) is 3.39. The lowest BCUT2D eigenvalue weighted by atomic mass is 10.1. The van der Waals surface area contributed by atoms with Crippen LogP contribution >= 0.6 is 27.5 Å². The van der Waals surface area contributed by atoms with Crippen molar-refractivity contribution >= 4 is 39.4 Å². The molecule has 4 rings (SSSR count). The summed E-state index contributed by atoms with van der Waals surface area (Å²) < 4.78 is 9.68. The van der Waals surface area contributed by atoms with Crippen molar-refractivity contribution in [1.29, 1.82) is 0 Å².